The van der Waals surface area contributed by atoms with Gasteiger partial charge in [-0.05, 0) is 61.0 Å². The minimum absolute atomic E-state index is 0.807. The zero-order valence-electron chi connectivity index (χ0n) is 14.7. The van der Waals surface area contributed by atoms with Crippen LogP contribution in [0.5, 0.6) is 0 Å². The third-order valence-corrected chi connectivity index (χ3v) is 5.37. The first kappa shape index (κ1) is 16.4. The molecule has 1 aliphatic heterocycles. The van der Waals surface area contributed by atoms with Gasteiger partial charge in [0.25, 0.3) is 0 Å². The second-order valence-corrected chi connectivity index (χ2v) is 7.15. The molecule has 0 atom stereocenters. The third-order valence-electron chi connectivity index (χ3n) is 5.14. The Kier molecular flexibility index (Phi) is 4.36. The maximum Gasteiger partial charge on any atom is 0.0490 e. The van der Waals surface area contributed by atoms with Crippen molar-refractivity contribution >= 4 is 28.1 Å². The van der Waals surface area contributed by atoms with Crippen LogP contribution >= 0.6 is 11.6 Å². The maximum atomic E-state index is 6.29. The van der Waals surface area contributed by atoms with Gasteiger partial charge in [0.2, 0.25) is 0 Å². The fourth-order valence-corrected chi connectivity index (χ4v) is 4.00. The predicted octanol–water partition coefficient (Wildman–Crippen LogP) is 4.78. The van der Waals surface area contributed by atoms with Crippen molar-refractivity contribution in [2.24, 2.45) is 0 Å². The Labute approximate surface area is 153 Å². The van der Waals surface area contributed by atoms with Crippen molar-refractivity contribution in [3.8, 4) is 0 Å². The fraction of sp³-hybridized carbons (Fsp3) is 0.286. The van der Waals surface area contributed by atoms with Crippen LogP contribution in [-0.4, -0.2) is 28.0 Å². The van der Waals surface area contributed by atoms with Gasteiger partial charge in [0.05, 0.1) is 0 Å². The third kappa shape index (κ3) is 2.99. The minimum Gasteiger partial charge on any atom is -0.340 e. The number of allylic oxidation sites excluding steroid dienone is 2. The second kappa shape index (κ2) is 6.66. The largest absolute Gasteiger partial charge is 0.340 e. The van der Waals surface area contributed by atoms with Crippen molar-refractivity contribution < 1.29 is 0 Å². The van der Waals surface area contributed by atoms with Gasteiger partial charge in [0, 0.05) is 60.1 Å². The van der Waals surface area contributed by atoms with Gasteiger partial charge in [-0.15, -0.1) is 0 Å². The maximum absolute atomic E-state index is 6.29. The molecule has 0 N–H and O–H groups in total. The molecule has 0 spiro atoms. The van der Waals surface area contributed by atoms with E-state index >= 15 is 0 Å². The molecule has 128 valence electrons. The number of fused-ring (bicyclic) bond motifs is 3. The van der Waals surface area contributed by atoms with E-state index in [0.29, 0.717) is 0 Å². The van der Waals surface area contributed by atoms with Gasteiger partial charge in [-0.25, -0.2) is 0 Å². The Balaban J connectivity index is 1.84. The molecule has 4 rings (SSSR count). The predicted molar refractivity (Wildman–Crippen MR) is 105 cm³/mol. The smallest absolute Gasteiger partial charge is 0.0490 e. The molecule has 0 fully saturated rings. The van der Waals surface area contributed by atoms with Gasteiger partial charge in [0.1, 0.15) is 0 Å². The minimum atomic E-state index is 0.807. The molecule has 3 aromatic rings. The first-order valence-corrected chi connectivity index (χ1v) is 9.09. The lowest BCUT2D eigenvalue weighted by atomic mass is 10.0. The molecule has 25 heavy (non-hydrogen) atoms. The zero-order valence-corrected chi connectivity index (χ0v) is 15.4. The number of rotatable bonds is 3. The number of pyridine rings is 1. The van der Waals surface area contributed by atoms with Crippen LogP contribution in [0.1, 0.15) is 23.7 Å². The topological polar surface area (TPSA) is 21.1 Å². The van der Waals surface area contributed by atoms with Crippen LogP contribution in [0.2, 0.25) is 5.02 Å². The highest BCUT2D eigenvalue weighted by molar-refractivity contribution is 6.31. The van der Waals surface area contributed by atoms with Crippen molar-refractivity contribution in [2.75, 3.05) is 13.6 Å². The SMILES string of the molecule is CC=C(Cn1c2c(c3cc(Cl)ccc31)CN(C)CC2)c1ccncc1. The van der Waals surface area contributed by atoms with Crippen LogP contribution in [0.15, 0.2) is 48.8 Å². The number of benzene rings is 1. The Morgan fingerprint density at radius 2 is 2.04 bits per heavy atom. The van der Waals surface area contributed by atoms with Gasteiger partial charge in [-0.3, -0.25) is 4.98 Å². The van der Waals surface area contributed by atoms with E-state index in [1.807, 2.05) is 18.5 Å². The molecular formula is C21H22ClN3. The summed E-state index contributed by atoms with van der Waals surface area (Å²) in [5.74, 6) is 0. The van der Waals surface area contributed by atoms with Crippen LogP contribution in [0.4, 0.5) is 0 Å². The lowest BCUT2D eigenvalue weighted by molar-refractivity contribution is 0.310. The van der Waals surface area contributed by atoms with Gasteiger partial charge < -0.3 is 9.47 Å². The summed E-state index contributed by atoms with van der Waals surface area (Å²) in [6, 6.07) is 10.4. The molecule has 2 aromatic heterocycles. The number of hydrogen-bond donors (Lipinski definition) is 0. The van der Waals surface area contributed by atoms with Crippen LogP contribution in [0, 0.1) is 0 Å². The quantitative estimate of drug-likeness (QED) is 0.677. The van der Waals surface area contributed by atoms with Gasteiger partial charge in [-0.1, -0.05) is 17.7 Å². The van der Waals surface area contributed by atoms with Crippen molar-refractivity contribution in [1.29, 1.82) is 0 Å². The van der Waals surface area contributed by atoms with Crippen molar-refractivity contribution in [2.45, 2.75) is 26.4 Å². The van der Waals surface area contributed by atoms with Crippen molar-refractivity contribution in [1.82, 2.24) is 14.5 Å². The van der Waals surface area contributed by atoms with E-state index in [9.17, 15) is 0 Å². The average molecular weight is 352 g/mol. The standard InChI is InChI=1S/C21H22ClN3/c1-3-15(16-6-9-23-10-7-16)13-25-20-5-4-17(22)12-18(20)19-14-24(2)11-8-21(19)25/h3-7,9-10,12H,8,11,13-14H2,1-2H3. The molecule has 0 amide bonds. The second-order valence-electron chi connectivity index (χ2n) is 6.71. The summed E-state index contributed by atoms with van der Waals surface area (Å²) in [5, 5.41) is 2.10. The lowest BCUT2D eigenvalue weighted by Gasteiger charge is -2.24. The fourth-order valence-electron chi connectivity index (χ4n) is 3.82. The summed E-state index contributed by atoms with van der Waals surface area (Å²) in [4.78, 5) is 6.52. The van der Waals surface area contributed by atoms with Crippen LogP contribution in [0.3, 0.4) is 0 Å². The molecule has 4 heteroatoms. The van der Waals surface area contributed by atoms with Gasteiger partial charge >= 0.3 is 0 Å². The van der Waals surface area contributed by atoms with E-state index in [4.69, 9.17) is 11.6 Å². The summed E-state index contributed by atoms with van der Waals surface area (Å²) in [7, 11) is 2.19. The van der Waals surface area contributed by atoms with E-state index in [1.54, 1.807) is 0 Å². The molecule has 0 radical (unpaired) electrons. The van der Waals surface area contributed by atoms with Crippen molar-refractivity contribution in [3.05, 3.63) is 70.6 Å². The first-order chi connectivity index (χ1) is 12.2. The summed E-state index contributed by atoms with van der Waals surface area (Å²) in [6.45, 7) is 5.06. The van der Waals surface area contributed by atoms with Crippen molar-refractivity contribution in [3.63, 3.8) is 0 Å². The molecule has 0 saturated heterocycles. The lowest BCUT2D eigenvalue weighted by Crippen LogP contribution is -2.27. The van der Waals surface area contributed by atoms with E-state index < -0.39 is 0 Å². The van der Waals surface area contributed by atoms with E-state index in [2.05, 4.69) is 58.8 Å². The number of aromatic nitrogens is 2. The normalized spacial score (nSPS) is 15.6. The Morgan fingerprint density at radius 3 is 2.80 bits per heavy atom. The zero-order chi connectivity index (χ0) is 17.4. The molecule has 1 aromatic carbocycles. The molecule has 3 heterocycles. The Hall–Kier alpha value is -2.10. The summed E-state index contributed by atoms with van der Waals surface area (Å²) < 4.78 is 2.48. The van der Waals surface area contributed by atoms with Gasteiger partial charge in [0.15, 0.2) is 0 Å². The molecule has 3 nitrogen and oxygen atoms in total. The summed E-state index contributed by atoms with van der Waals surface area (Å²) >= 11 is 6.29. The Bertz CT molecular complexity index is 941. The molecule has 0 bridgehead atoms. The first-order valence-electron chi connectivity index (χ1n) is 8.71. The molecule has 0 unspecified atom stereocenters. The van der Waals surface area contributed by atoms with E-state index in [0.717, 1.165) is 31.1 Å². The van der Waals surface area contributed by atoms with Gasteiger partial charge in [-0.2, -0.15) is 0 Å². The average Bonchev–Trinajstić information content (AvgIpc) is 2.92. The number of likely N-dealkylation sites (N-methyl/N-ethyl adjacent to an activating group) is 1. The highest BCUT2D eigenvalue weighted by atomic mass is 35.5. The summed E-state index contributed by atoms with van der Waals surface area (Å²) in [6.07, 6.45) is 7.00. The van der Waals surface area contributed by atoms with Crippen LogP contribution in [-0.2, 0) is 19.5 Å². The summed E-state index contributed by atoms with van der Waals surface area (Å²) in [5.41, 5.74) is 6.70. The monoisotopic (exact) mass is 351 g/mol. The molecular weight excluding hydrogens is 330 g/mol. The number of halogens is 1. The highest BCUT2D eigenvalue weighted by Gasteiger charge is 2.23. The molecule has 1 aliphatic rings. The number of nitrogens with zero attached hydrogens (tertiary/aromatic N) is 3. The highest BCUT2D eigenvalue weighted by Crippen LogP contribution is 2.33. The Morgan fingerprint density at radius 1 is 1.24 bits per heavy atom. The van der Waals surface area contributed by atoms with Crippen LogP contribution < -0.4 is 0 Å². The molecule has 0 aliphatic carbocycles. The molecule has 0 saturated carbocycles. The van der Waals surface area contributed by atoms with E-state index in [1.165, 1.54) is 33.3 Å². The number of hydrogen-bond acceptors (Lipinski definition) is 2. The van der Waals surface area contributed by atoms with Crippen LogP contribution in [0.25, 0.3) is 16.5 Å². The van der Waals surface area contributed by atoms with E-state index in [-0.39, 0.29) is 0 Å².